The molecule has 4 heteroatoms. The van der Waals surface area contributed by atoms with Crippen molar-refractivity contribution in [3.05, 3.63) is 70.8 Å². The van der Waals surface area contributed by atoms with Gasteiger partial charge in [0.25, 0.3) is 0 Å². The first kappa shape index (κ1) is 16.0. The Morgan fingerprint density at radius 3 is 2.54 bits per heavy atom. The zero-order valence-electron chi connectivity index (χ0n) is 13.6. The van der Waals surface area contributed by atoms with E-state index in [0.29, 0.717) is 11.1 Å². The molecule has 1 aliphatic heterocycles. The molecule has 0 spiro atoms. The number of rotatable bonds is 4. The van der Waals surface area contributed by atoms with E-state index in [1.165, 1.54) is 0 Å². The van der Waals surface area contributed by atoms with E-state index in [-0.39, 0.29) is 12.4 Å². The summed E-state index contributed by atoms with van der Waals surface area (Å²) < 4.78 is 10.9. The van der Waals surface area contributed by atoms with E-state index in [1.54, 1.807) is 25.1 Å². The van der Waals surface area contributed by atoms with E-state index in [9.17, 15) is 9.59 Å². The topological polar surface area (TPSA) is 52.6 Å². The highest BCUT2D eigenvalue weighted by atomic mass is 16.5. The van der Waals surface area contributed by atoms with Crippen LogP contribution in [0.5, 0.6) is 5.75 Å². The number of para-hydroxylation sites is 1. The van der Waals surface area contributed by atoms with Gasteiger partial charge in [-0.1, -0.05) is 48.0 Å². The first-order valence-electron chi connectivity index (χ1n) is 7.79. The smallest absolute Gasteiger partial charge is 0.338 e. The van der Waals surface area contributed by atoms with Crippen molar-refractivity contribution in [2.24, 2.45) is 0 Å². The van der Waals surface area contributed by atoms with Crippen LogP contribution in [0.25, 0.3) is 6.08 Å². The lowest BCUT2D eigenvalue weighted by Gasteiger charge is -2.18. The lowest BCUT2D eigenvalue weighted by atomic mass is 10.1. The Hall–Kier alpha value is -2.88. The molecule has 0 N–H and O–H groups in total. The average molecular weight is 322 g/mol. The summed E-state index contributed by atoms with van der Waals surface area (Å²) in [6.07, 6.45) is 0.891. The van der Waals surface area contributed by atoms with Crippen molar-refractivity contribution in [3.63, 3.8) is 0 Å². The molecule has 3 rings (SSSR count). The zero-order valence-corrected chi connectivity index (χ0v) is 13.6. The van der Waals surface area contributed by atoms with Gasteiger partial charge < -0.3 is 9.47 Å². The van der Waals surface area contributed by atoms with Gasteiger partial charge in [0.05, 0.1) is 5.57 Å². The van der Waals surface area contributed by atoms with Gasteiger partial charge in [-0.15, -0.1) is 0 Å². The molecule has 0 aliphatic carbocycles. The molecule has 0 bridgehead atoms. The van der Waals surface area contributed by atoms with Gasteiger partial charge in [0.2, 0.25) is 5.78 Å². The van der Waals surface area contributed by atoms with Crippen LogP contribution in [0, 0.1) is 6.92 Å². The Morgan fingerprint density at radius 1 is 1.08 bits per heavy atom. The predicted molar refractivity (Wildman–Crippen MR) is 91.0 cm³/mol. The number of aryl methyl sites for hydroxylation is 1. The highest BCUT2D eigenvalue weighted by Gasteiger charge is 2.24. The van der Waals surface area contributed by atoms with Gasteiger partial charge in [-0.05, 0) is 26.0 Å². The van der Waals surface area contributed by atoms with Gasteiger partial charge in [0.1, 0.15) is 12.4 Å². The minimum atomic E-state index is -0.849. The van der Waals surface area contributed by atoms with Gasteiger partial charge in [0, 0.05) is 11.1 Å². The van der Waals surface area contributed by atoms with Crippen molar-refractivity contribution in [1.29, 1.82) is 0 Å². The van der Waals surface area contributed by atoms with Crippen molar-refractivity contribution >= 4 is 17.8 Å². The molecule has 2 aromatic carbocycles. The van der Waals surface area contributed by atoms with E-state index in [4.69, 9.17) is 9.47 Å². The van der Waals surface area contributed by atoms with Crippen molar-refractivity contribution in [1.82, 2.24) is 0 Å². The molecule has 4 nitrogen and oxygen atoms in total. The molecular weight excluding hydrogens is 304 g/mol. The maximum absolute atomic E-state index is 12.3. The second-order valence-corrected chi connectivity index (χ2v) is 5.77. The monoisotopic (exact) mass is 322 g/mol. The summed E-state index contributed by atoms with van der Waals surface area (Å²) in [5.74, 6) is -0.0172. The summed E-state index contributed by atoms with van der Waals surface area (Å²) in [6, 6.07) is 14.6. The van der Waals surface area contributed by atoms with Gasteiger partial charge in [-0.3, -0.25) is 4.79 Å². The number of hydrogen-bond acceptors (Lipinski definition) is 4. The minimum absolute atomic E-state index is 0.140. The number of Topliss-reactive ketones (excluding diaryl/α,β-unsaturated/α-hetero) is 1. The lowest BCUT2D eigenvalue weighted by molar-refractivity contribution is -0.141. The fourth-order valence-electron chi connectivity index (χ4n) is 2.48. The Kier molecular flexibility index (Phi) is 4.47. The van der Waals surface area contributed by atoms with Crippen LogP contribution in [0.4, 0.5) is 0 Å². The number of hydrogen-bond donors (Lipinski definition) is 0. The van der Waals surface area contributed by atoms with Crippen molar-refractivity contribution < 1.29 is 19.1 Å². The average Bonchev–Trinajstić information content (AvgIpc) is 2.61. The fourth-order valence-corrected chi connectivity index (χ4v) is 2.48. The molecule has 0 saturated carbocycles. The summed E-state index contributed by atoms with van der Waals surface area (Å²) in [7, 11) is 0. The summed E-state index contributed by atoms with van der Waals surface area (Å²) in [6.45, 7) is 3.67. The molecule has 0 saturated heterocycles. The van der Waals surface area contributed by atoms with Crippen molar-refractivity contribution in [2.75, 3.05) is 6.61 Å². The Bertz CT molecular complexity index is 803. The molecule has 1 heterocycles. The minimum Gasteiger partial charge on any atom is -0.488 e. The molecule has 1 aliphatic rings. The Balaban J connectivity index is 1.69. The zero-order chi connectivity index (χ0) is 17.1. The van der Waals surface area contributed by atoms with E-state index in [2.05, 4.69) is 0 Å². The molecule has 0 radical (unpaired) electrons. The van der Waals surface area contributed by atoms with E-state index in [1.807, 2.05) is 43.3 Å². The van der Waals surface area contributed by atoms with Gasteiger partial charge >= 0.3 is 5.97 Å². The fraction of sp³-hybridized carbons (Fsp3) is 0.200. The molecule has 0 aromatic heterocycles. The number of ether oxygens (including phenoxy) is 2. The third-order valence-electron chi connectivity index (χ3n) is 3.88. The number of ketones is 1. The Labute approximate surface area is 140 Å². The maximum Gasteiger partial charge on any atom is 0.338 e. The third-order valence-corrected chi connectivity index (χ3v) is 3.88. The SMILES string of the molecule is Cc1ccc(C(=O)[C@H](C)OC(=O)C2=Cc3ccccc3OC2)cc1. The van der Waals surface area contributed by atoms with Crippen LogP contribution in [-0.4, -0.2) is 24.5 Å². The molecule has 0 amide bonds. The van der Waals surface area contributed by atoms with Crippen LogP contribution >= 0.6 is 0 Å². The predicted octanol–water partition coefficient (Wildman–Crippen LogP) is 3.59. The maximum atomic E-state index is 12.3. The molecule has 0 fully saturated rings. The van der Waals surface area contributed by atoms with Crippen LogP contribution in [0.1, 0.15) is 28.4 Å². The molecule has 2 aromatic rings. The number of benzene rings is 2. The van der Waals surface area contributed by atoms with Crippen LogP contribution in [-0.2, 0) is 9.53 Å². The highest BCUT2D eigenvalue weighted by molar-refractivity contribution is 6.02. The molecule has 0 unspecified atom stereocenters. The summed E-state index contributed by atoms with van der Waals surface area (Å²) in [4.78, 5) is 24.6. The summed E-state index contributed by atoms with van der Waals surface area (Å²) in [5, 5.41) is 0. The summed E-state index contributed by atoms with van der Waals surface area (Å²) in [5.41, 5.74) is 2.82. The number of carbonyl (C=O) groups excluding carboxylic acids is 2. The number of fused-ring (bicyclic) bond motifs is 1. The summed E-state index contributed by atoms with van der Waals surface area (Å²) >= 11 is 0. The molecule has 1 atom stereocenters. The second kappa shape index (κ2) is 6.71. The van der Waals surface area contributed by atoms with E-state index < -0.39 is 12.1 Å². The van der Waals surface area contributed by atoms with Gasteiger partial charge in [-0.2, -0.15) is 0 Å². The quantitative estimate of drug-likeness (QED) is 0.638. The number of esters is 1. The van der Waals surface area contributed by atoms with Crippen LogP contribution in [0.15, 0.2) is 54.1 Å². The lowest BCUT2D eigenvalue weighted by Crippen LogP contribution is -2.27. The standard InChI is InChI=1S/C20H18O4/c1-13-7-9-15(10-8-13)19(21)14(2)24-20(22)17-11-16-5-3-4-6-18(16)23-12-17/h3-11,14H,12H2,1-2H3/t14-/m0/s1. The molecular formula is C20H18O4. The first-order chi connectivity index (χ1) is 11.5. The molecule has 24 heavy (non-hydrogen) atoms. The van der Waals surface area contributed by atoms with Gasteiger partial charge in [-0.25, -0.2) is 4.79 Å². The number of carbonyl (C=O) groups is 2. The van der Waals surface area contributed by atoms with Crippen LogP contribution < -0.4 is 4.74 Å². The highest BCUT2D eigenvalue weighted by Crippen LogP contribution is 2.26. The third kappa shape index (κ3) is 3.38. The van der Waals surface area contributed by atoms with E-state index in [0.717, 1.165) is 16.9 Å². The van der Waals surface area contributed by atoms with Crippen LogP contribution in [0.3, 0.4) is 0 Å². The first-order valence-corrected chi connectivity index (χ1v) is 7.79. The molecule has 122 valence electrons. The Morgan fingerprint density at radius 2 is 1.79 bits per heavy atom. The van der Waals surface area contributed by atoms with Crippen molar-refractivity contribution in [2.45, 2.75) is 20.0 Å². The largest absolute Gasteiger partial charge is 0.488 e. The van der Waals surface area contributed by atoms with Crippen LogP contribution in [0.2, 0.25) is 0 Å². The normalized spacial score (nSPS) is 14.0. The van der Waals surface area contributed by atoms with Crippen molar-refractivity contribution in [3.8, 4) is 5.75 Å². The van der Waals surface area contributed by atoms with Gasteiger partial charge in [0.15, 0.2) is 6.10 Å². The van der Waals surface area contributed by atoms with E-state index >= 15 is 0 Å². The second-order valence-electron chi connectivity index (χ2n) is 5.77.